The molecule has 0 aliphatic heterocycles. The van der Waals surface area contributed by atoms with Gasteiger partial charge in [0, 0.05) is 6.42 Å². The van der Waals surface area contributed by atoms with E-state index in [9.17, 15) is 4.79 Å². The fourth-order valence-corrected chi connectivity index (χ4v) is 2.26. The maximum atomic E-state index is 11.7. The fourth-order valence-electron chi connectivity index (χ4n) is 2.26. The summed E-state index contributed by atoms with van der Waals surface area (Å²) >= 11 is 0. The van der Waals surface area contributed by atoms with Crippen LogP contribution in [0.1, 0.15) is 65.7 Å². The van der Waals surface area contributed by atoms with Gasteiger partial charge < -0.3 is 0 Å². The van der Waals surface area contributed by atoms with Crippen LogP contribution in [0.25, 0.3) is 0 Å². The summed E-state index contributed by atoms with van der Waals surface area (Å²) in [5.41, 5.74) is 4.11. The van der Waals surface area contributed by atoms with E-state index in [4.69, 9.17) is 0 Å². The highest BCUT2D eigenvalue weighted by Gasteiger charge is 2.01. The molecule has 0 spiro atoms. The third-order valence-electron chi connectivity index (χ3n) is 3.46. The number of carbonyl (C=O) groups is 1. The molecule has 0 aromatic heterocycles. The van der Waals surface area contributed by atoms with Gasteiger partial charge in [0.05, 0.1) is 0 Å². The summed E-state index contributed by atoms with van der Waals surface area (Å²) in [6, 6.07) is 0. The molecule has 0 radical (unpaired) electrons. The van der Waals surface area contributed by atoms with E-state index in [0.29, 0.717) is 6.42 Å². The molecule has 1 rings (SSSR count). The zero-order chi connectivity index (χ0) is 13.4. The van der Waals surface area contributed by atoms with Gasteiger partial charge in [-0.2, -0.15) is 0 Å². The first-order valence-corrected chi connectivity index (χ1v) is 7.09. The maximum absolute atomic E-state index is 11.7. The van der Waals surface area contributed by atoms with E-state index in [1.807, 2.05) is 6.08 Å². The SMILES string of the molecule is CC1=CCCC(C)=CC(=O)CCCC(C)=CCC1. The van der Waals surface area contributed by atoms with Crippen molar-refractivity contribution in [1.29, 1.82) is 0 Å². The molecule has 0 saturated carbocycles. The Morgan fingerprint density at radius 2 is 1.33 bits per heavy atom. The molecule has 1 heteroatoms. The predicted molar refractivity (Wildman–Crippen MR) is 78.6 cm³/mol. The highest BCUT2D eigenvalue weighted by atomic mass is 16.1. The zero-order valence-corrected chi connectivity index (χ0v) is 12.1. The van der Waals surface area contributed by atoms with Crippen LogP contribution < -0.4 is 0 Å². The molecule has 100 valence electrons. The number of allylic oxidation sites excluding steroid dienone is 6. The molecule has 0 fully saturated rings. The lowest BCUT2D eigenvalue weighted by Crippen LogP contribution is -1.95. The number of hydrogen-bond acceptors (Lipinski definition) is 1. The summed E-state index contributed by atoms with van der Waals surface area (Å²) in [4.78, 5) is 11.7. The van der Waals surface area contributed by atoms with Gasteiger partial charge in [0.15, 0.2) is 5.78 Å². The van der Waals surface area contributed by atoms with Crippen molar-refractivity contribution in [1.82, 2.24) is 0 Å². The number of ketones is 1. The van der Waals surface area contributed by atoms with E-state index in [1.54, 1.807) is 0 Å². The first-order valence-electron chi connectivity index (χ1n) is 7.09. The van der Waals surface area contributed by atoms with Crippen LogP contribution in [-0.4, -0.2) is 5.78 Å². The molecular formula is C17H26O. The molecule has 18 heavy (non-hydrogen) atoms. The lowest BCUT2D eigenvalue weighted by atomic mass is 10.0. The van der Waals surface area contributed by atoms with Crippen LogP contribution in [0, 0.1) is 0 Å². The largest absolute Gasteiger partial charge is 0.295 e. The van der Waals surface area contributed by atoms with Crippen LogP contribution >= 0.6 is 0 Å². The van der Waals surface area contributed by atoms with Crippen molar-refractivity contribution in [2.45, 2.75) is 65.7 Å². The quantitative estimate of drug-likeness (QED) is 0.541. The van der Waals surface area contributed by atoms with Crippen molar-refractivity contribution < 1.29 is 4.79 Å². The smallest absolute Gasteiger partial charge is 0.155 e. The van der Waals surface area contributed by atoms with Crippen molar-refractivity contribution in [3.63, 3.8) is 0 Å². The van der Waals surface area contributed by atoms with Crippen molar-refractivity contribution in [2.24, 2.45) is 0 Å². The first kappa shape index (κ1) is 14.9. The minimum Gasteiger partial charge on any atom is -0.295 e. The Morgan fingerprint density at radius 1 is 0.778 bits per heavy atom. The van der Waals surface area contributed by atoms with Crippen LogP contribution in [0.4, 0.5) is 0 Å². The number of carbonyl (C=O) groups excluding carboxylic acids is 1. The predicted octanol–water partition coefficient (Wildman–Crippen LogP) is 5.14. The Balaban J connectivity index is 2.68. The third kappa shape index (κ3) is 6.58. The number of rotatable bonds is 0. The Morgan fingerprint density at radius 3 is 2.00 bits per heavy atom. The molecule has 0 aromatic rings. The lowest BCUT2D eigenvalue weighted by molar-refractivity contribution is -0.114. The second-order valence-electron chi connectivity index (χ2n) is 5.49. The molecule has 0 saturated heterocycles. The molecule has 0 heterocycles. The molecule has 0 amide bonds. The molecule has 0 atom stereocenters. The normalized spacial score (nSPS) is 20.6. The summed E-state index contributed by atoms with van der Waals surface area (Å²) in [7, 11) is 0. The standard InChI is InChI=1S/C17H26O/c1-14-7-4-8-15(2)10-6-12-17(18)13-16(3)11-5-9-14/h8-9,13H,4-7,10-12H2,1-3H3. The Labute approximate surface area is 112 Å². The van der Waals surface area contributed by atoms with Crippen LogP contribution in [0.5, 0.6) is 0 Å². The summed E-state index contributed by atoms with van der Waals surface area (Å²) < 4.78 is 0. The van der Waals surface area contributed by atoms with Gasteiger partial charge in [-0.1, -0.05) is 28.9 Å². The van der Waals surface area contributed by atoms with Crippen molar-refractivity contribution >= 4 is 5.78 Å². The maximum Gasteiger partial charge on any atom is 0.155 e. The Hall–Kier alpha value is -1.11. The first-order chi connectivity index (χ1) is 8.58. The van der Waals surface area contributed by atoms with Crippen LogP contribution in [0.15, 0.2) is 34.9 Å². The van der Waals surface area contributed by atoms with Crippen molar-refractivity contribution in [3.05, 3.63) is 34.9 Å². The van der Waals surface area contributed by atoms with E-state index in [1.165, 1.54) is 23.1 Å². The molecule has 1 aliphatic rings. The van der Waals surface area contributed by atoms with Gasteiger partial charge in [0.25, 0.3) is 0 Å². The van der Waals surface area contributed by atoms with E-state index in [0.717, 1.165) is 32.1 Å². The van der Waals surface area contributed by atoms with E-state index in [2.05, 4.69) is 32.9 Å². The van der Waals surface area contributed by atoms with Crippen molar-refractivity contribution in [2.75, 3.05) is 0 Å². The fraction of sp³-hybridized carbons (Fsp3) is 0.588. The van der Waals surface area contributed by atoms with Gasteiger partial charge in [-0.05, 0) is 65.4 Å². The summed E-state index contributed by atoms with van der Waals surface area (Å²) in [6.07, 6.45) is 13.6. The van der Waals surface area contributed by atoms with E-state index in [-0.39, 0.29) is 5.78 Å². The highest BCUT2D eigenvalue weighted by molar-refractivity contribution is 5.90. The van der Waals surface area contributed by atoms with Crippen molar-refractivity contribution in [3.8, 4) is 0 Å². The third-order valence-corrected chi connectivity index (χ3v) is 3.46. The minimum absolute atomic E-state index is 0.290. The van der Waals surface area contributed by atoms with Crippen LogP contribution in [0.2, 0.25) is 0 Å². The number of hydrogen-bond donors (Lipinski definition) is 0. The summed E-state index contributed by atoms with van der Waals surface area (Å²) in [5, 5.41) is 0. The van der Waals surface area contributed by atoms with Gasteiger partial charge in [-0.25, -0.2) is 0 Å². The molecule has 0 N–H and O–H groups in total. The van der Waals surface area contributed by atoms with Crippen LogP contribution in [0.3, 0.4) is 0 Å². The van der Waals surface area contributed by atoms with Gasteiger partial charge in [-0.3, -0.25) is 4.79 Å². The molecule has 1 nitrogen and oxygen atoms in total. The molecule has 0 aromatic carbocycles. The average molecular weight is 246 g/mol. The molecule has 0 unspecified atom stereocenters. The zero-order valence-electron chi connectivity index (χ0n) is 12.1. The lowest BCUT2D eigenvalue weighted by Gasteiger charge is -2.05. The van der Waals surface area contributed by atoms with Gasteiger partial charge in [-0.15, -0.1) is 0 Å². The monoisotopic (exact) mass is 246 g/mol. The van der Waals surface area contributed by atoms with Gasteiger partial charge >= 0.3 is 0 Å². The second-order valence-corrected chi connectivity index (χ2v) is 5.49. The van der Waals surface area contributed by atoms with E-state index < -0.39 is 0 Å². The average Bonchev–Trinajstić information content (AvgIpc) is 2.27. The Bertz CT molecular complexity index is 369. The Kier molecular flexibility index (Phi) is 6.70. The second kappa shape index (κ2) is 8.07. The minimum atomic E-state index is 0.290. The summed E-state index contributed by atoms with van der Waals surface area (Å²) in [5.74, 6) is 0.290. The topological polar surface area (TPSA) is 17.1 Å². The van der Waals surface area contributed by atoms with Gasteiger partial charge in [0.2, 0.25) is 0 Å². The van der Waals surface area contributed by atoms with Crippen LogP contribution in [-0.2, 0) is 4.79 Å². The molecular weight excluding hydrogens is 220 g/mol. The summed E-state index contributed by atoms with van der Waals surface area (Å²) in [6.45, 7) is 6.45. The highest BCUT2D eigenvalue weighted by Crippen LogP contribution is 2.15. The molecule has 1 aliphatic carbocycles. The molecule has 0 bridgehead atoms. The van der Waals surface area contributed by atoms with E-state index >= 15 is 0 Å². The van der Waals surface area contributed by atoms with Gasteiger partial charge in [0.1, 0.15) is 0 Å².